The minimum absolute atomic E-state index is 0.0707. The van der Waals surface area contributed by atoms with Crippen LogP contribution in [0.25, 0.3) is 0 Å². The van der Waals surface area contributed by atoms with E-state index in [2.05, 4.69) is 5.10 Å². The summed E-state index contributed by atoms with van der Waals surface area (Å²) in [5, 5.41) is 14.3. The van der Waals surface area contributed by atoms with Crippen LogP contribution in [0.5, 0.6) is 0 Å². The first-order valence-electron chi connectivity index (χ1n) is 8.50. The number of carbonyl (C=O) groups is 1. The molecule has 12 heteroatoms. The molecule has 1 aliphatic rings. The van der Waals surface area contributed by atoms with Crippen LogP contribution in [-0.4, -0.2) is 39.8 Å². The van der Waals surface area contributed by atoms with Gasteiger partial charge in [-0.2, -0.15) is 40.8 Å². The maximum Gasteiger partial charge on any atom is 0.460 e. The summed E-state index contributed by atoms with van der Waals surface area (Å²) in [6.07, 6.45) is -8.08. The molecule has 0 saturated carbocycles. The van der Waals surface area contributed by atoms with Gasteiger partial charge in [-0.3, -0.25) is 4.79 Å². The molecule has 0 bridgehead atoms. The number of benzene rings is 2. The number of halogens is 8. The van der Waals surface area contributed by atoms with Gasteiger partial charge < -0.3 is 5.11 Å². The summed E-state index contributed by atoms with van der Waals surface area (Å²) in [6, 6.07) is 11.3. The van der Waals surface area contributed by atoms with E-state index >= 15 is 0 Å². The molecular weight excluding hydrogens is 457 g/mol. The molecule has 1 amide bonds. The van der Waals surface area contributed by atoms with Crippen LogP contribution in [0.2, 0.25) is 5.02 Å². The molecule has 3 rings (SSSR count). The van der Waals surface area contributed by atoms with Gasteiger partial charge in [0.2, 0.25) is 0 Å². The second kappa shape index (κ2) is 7.49. The van der Waals surface area contributed by atoms with Crippen molar-refractivity contribution in [1.29, 1.82) is 0 Å². The number of alkyl halides is 7. The van der Waals surface area contributed by atoms with Crippen molar-refractivity contribution in [3.63, 3.8) is 0 Å². The third-order valence-electron chi connectivity index (χ3n) is 4.62. The molecule has 4 nitrogen and oxygen atoms in total. The zero-order valence-corrected chi connectivity index (χ0v) is 15.9. The van der Waals surface area contributed by atoms with Crippen molar-refractivity contribution in [2.45, 2.75) is 30.2 Å². The first-order chi connectivity index (χ1) is 14.2. The molecule has 1 atom stereocenters. The van der Waals surface area contributed by atoms with E-state index in [9.17, 15) is 40.6 Å². The summed E-state index contributed by atoms with van der Waals surface area (Å²) in [7, 11) is 0. The maximum atomic E-state index is 14.3. The van der Waals surface area contributed by atoms with Gasteiger partial charge in [-0.05, 0) is 24.3 Å². The Morgan fingerprint density at radius 2 is 1.52 bits per heavy atom. The second-order valence-electron chi connectivity index (χ2n) is 6.68. The van der Waals surface area contributed by atoms with E-state index in [0.717, 1.165) is 12.1 Å². The Bertz CT molecular complexity index is 1010. The normalized spacial score (nSPS) is 20.0. The molecule has 0 spiro atoms. The maximum absolute atomic E-state index is 14.3. The summed E-state index contributed by atoms with van der Waals surface area (Å²) >= 11 is 5.71. The molecule has 1 unspecified atom stereocenters. The average Bonchev–Trinajstić information content (AvgIpc) is 3.07. The summed E-state index contributed by atoms with van der Waals surface area (Å²) in [4.78, 5) is 12.8. The van der Waals surface area contributed by atoms with Gasteiger partial charge in [-0.25, -0.2) is 0 Å². The van der Waals surface area contributed by atoms with Gasteiger partial charge in [0.1, 0.15) is 5.71 Å². The predicted octanol–water partition coefficient (Wildman–Crippen LogP) is 5.22. The highest BCUT2D eigenvalue weighted by Crippen LogP contribution is 2.50. The van der Waals surface area contributed by atoms with E-state index in [1.54, 1.807) is 0 Å². The minimum Gasteiger partial charge on any atom is -0.365 e. The molecular formula is C19H12ClF7N2O2. The van der Waals surface area contributed by atoms with Crippen LogP contribution in [0, 0.1) is 0 Å². The quantitative estimate of drug-likeness (QED) is 0.626. The average molecular weight is 469 g/mol. The van der Waals surface area contributed by atoms with Crippen LogP contribution >= 0.6 is 11.6 Å². The molecule has 1 aliphatic heterocycles. The standard InChI is InChI=1S/C19H12ClF7N2O2/c20-13-8-6-11(7-9-13)15(30)29-16(31,12-4-2-1-3-5-12)10-14(28-29)17(21,22)18(23,24)19(25,26)27/h1-9,31H,10H2. The van der Waals surface area contributed by atoms with E-state index in [-0.39, 0.29) is 21.2 Å². The van der Waals surface area contributed by atoms with Crippen LogP contribution in [0.1, 0.15) is 22.3 Å². The number of aliphatic hydroxyl groups is 1. The van der Waals surface area contributed by atoms with Crippen molar-refractivity contribution in [2.75, 3.05) is 0 Å². The van der Waals surface area contributed by atoms with Gasteiger partial charge in [0.05, 0.1) is 0 Å². The van der Waals surface area contributed by atoms with Gasteiger partial charge in [0.25, 0.3) is 5.91 Å². The largest absolute Gasteiger partial charge is 0.460 e. The van der Waals surface area contributed by atoms with Crippen molar-refractivity contribution >= 4 is 23.2 Å². The number of amides is 1. The topological polar surface area (TPSA) is 52.9 Å². The minimum atomic E-state index is -6.60. The van der Waals surface area contributed by atoms with Gasteiger partial charge in [0.15, 0.2) is 5.72 Å². The summed E-state index contributed by atoms with van der Waals surface area (Å²) in [5.74, 6) is -13.5. The SMILES string of the molecule is O=C(c1ccc(Cl)cc1)N1N=C(C(F)(F)C(F)(F)C(F)(F)F)CC1(O)c1ccccc1. The molecule has 0 aromatic heterocycles. The third-order valence-corrected chi connectivity index (χ3v) is 4.87. The highest BCUT2D eigenvalue weighted by molar-refractivity contribution is 6.30. The van der Waals surface area contributed by atoms with Crippen LogP contribution < -0.4 is 0 Å². The Balaban J connectivity index is 2.12. The molecule has 2 aromatic carbocycles. The van der Waals surface area contributed by atoms with E-state index in [0.29, 0.717) is 0 Å². The lowest BCUT2D eigenvalue weighted by Crippen LogP contribution is -2.56. The predicted molar refractivity (Wildman–Crippen MR) is 96.0 cm³/mol. The van der Waals surface area contributed by atoms with Gasteiger partial charge in [-0.15, -0.1) is 0 Å². The molecule has 1 heterocycles. The van der Waals surface area contributed by atoms with Crippen molar-refractivity contribution in [2.24, 2.45) is 5.10 Å². The fourth-order valence-corrected chi connectivity index (χ4v) is 3.06. The molecule has 166 valence electrons. The number of carbonyl (C=O) groups excluding carboxylic acids is 1. The van der Waals surface area contributed by atoms with Crippen molar-refractivity contribution < 1.29 is 40.6 Å². The van der Waals surface area contributed by atoms with Gasteiger partial charge >= 0.3 is 18.0 Å². The highest BCUT2D eigenvalue weighted by Gasteiger charge is 2.76. The Morgan fingerprint density at radius 3 is 2.03 bits per heavy atom. The number of hydrazone groups is 1. The Kier molecular flexibility index (Phi) is 5.56. The van der Waals surface area contributed by atoms with E-state index in [1.807, 2.05) is 0 Å². The van der Waals surface area contributed by atoms with Crippen LogP contribution in [0.3, 0.4) is 0 Å². The van der Waals surface area contributed by atoms with Crippen molar-refractivity contribution in [3.8, 4) is 0 Å². The number of hydrogen-bond donors (Lipinski definition) is 1. The van der Waals surface area contributed by atoms with E-state index in [1.165, 1.54) is 42.5 Å². The van der Waals surface area contributed by atoms with Gasteiger partial charge in [0, 0.05) is 22.6 Å². The van der Waals surface area contributed by atoms with Crippen LogP contribution in [-0.2, 0) is 5.72 Å². The van der Waals surface area contributed by atoms with E-state index in [4.69, 9.17) is 11.6 Å². The molecule has 0 fully saturated rings. The fourth-order valence-electron chi connectivity index (χ4n) is 2.94. The summed E-state index contributed by atoms with van der Waals surface area (Å²) in [5.41, 5.74) is -5.18. The Labute approximate surface area is 175 Å². The zero-order chi connectivity index (χ0) is 23.2. The van der Waals surface area contributed by atoms with Crippen LogP contribution in [0.15, 0.2) is 59.7 Å². The first-order valence-corrected chi connectivity index (χ1v) is 8.88. The molecule has 2 aromatic rings. The van der Waals surface area contributed by atoms with Crippen molar-refractivity contribution in [3.05, 3.63) is 70.7 Å². The zero-order valence-electron chi connectivity index (χ0n) is 15.2. The second-order valence-corrected chi connectivity index (χ2v) is 7.11. The first kappa shape index (κ1) is 23.0. The lowest BCUT2D eigenvalue weighted by atomic mass is 9.93. The Hall–Kier alpha value is -2.66. The highest BCUT2D eigenvalue weighted by atomic mass is 35.5. The fraction of sp³-hybridized carbons (Fsp3) is 0.263. The molecule has 0 radical (unpaired) electrons. The number of rotatable bonds is 4. The van der Waals surface area contributed by atoms with E-state index < -0.39 is 41.8 Å². The number of hydrogen-bond acceptors (Lipinski definition) is 3. The smallest absolute Gasteiger partial charge is 0.365 e. The lowest BCUT2D eigenvalue weighted by Gasteiger charge is -2.32. The van der Waals surface area contributed by atoms with Crippen molar-refractivity contribution in [1.82, 2.24) is 5.01 Å². The molecule has 1 N–H and O–H groups in total. The monoisotopic (exact) mass is 468 g/mol. The summed E-state index contributed by atoms with van der Waals surface area (Å²) in [6.45, 7) is 0. The Morgan fingerprint density at radius 1 is 0.968 bits per heavy atom. The van der Waals surface area contributed by atoms with Gasteiger partial charge in [-0.1, -0.05) is 41.9 Å². The van der Waals surface area contributed by atoms with Crippen LogP contribution in [0.4, 0.5) is 30.7 Å². The molecule has 0 saturated heterocycles. The lowest BCUT2D eigenvalue weighted by molar-refractivity contribution is -0.336. The number of nitrogens with zero attached hydrogens (tertiary/aromatic N) is 2. The third kappa shape index (κ3) is 3.76. The molecule has 31 heavy (non-hydrogen) atoms. The summed E-state index contributed by atoms with van der Waals surface area (Å²) < 4.78 is 93.5. The molecule has 0 aliphatic carbocycles.